The molecule has 164 valence electrons. The van der Waals surface area contributed by atoms with Crippen molar-refractivity contribution < 1.29 is 37.1 Å². The summed E-state index contributed by atoms with van der Waals surface area (Å²) in [6, 6.07) is 5.10. The number of anilines is 1. The molecule has 0 aromatic heterocycles. The first-order chi connectivity index (χ1) is 13.9. The summed E-state index contributed by atoms with van der Waals surface area (Å²) in [6.45, 7) is 5.67. The van der Waals surface area contributed by atoms with Gasteiger partial charge in [0, 0.05) is 49.3 Å². The number of aliphatic carboxylic acids is 1. The van der Waals surface area contributed by atoms with Gasteiger partial charge in [-0.25, -0.2) is 9.18 Å². The van der Waals surface area contributed by atoms with Crippen LogP contribution in [-0.2, 0) is 19.8 Å². The van der Waals surface area contributed by atoms with Crippen molar-refractivity contribution in [2.75, 3.05) is 31.1 Å². The fourth-order valence-corrected chi connectivity index (χ4v) is 3.86. The minimum absolute atomic E-state index is 0.241. The predicted octanol–water partition coefficient (Wildman–Crippen LogP) is 1.56. The lowest BCUT2D eigenvalue weighted by Gasteiger charge is -2.57. The SMILES string of the molecule is CC1(c2ccc(N3CC4(CNC4)C3)cc2F)CCC(=O)NC1=O.O=C(O)C(F)(F)F. The van der Waals surface area contributed by atoms with Crippen molar-refractivity contribution in [3.63, 3.8) is 0 Å². The van der Waals surface area contributed by atoms with E-state index in [0.717, 1.165) is 31.9 Å². The summed E-state index contributed by atoms with van der Waals surface area (Å²) in [7, 11) is 0. The number of nitrogens with zero attached hydrogens (tertiary/aromatic N) is 1. The van der Waals surface area contributed by atoms with Crippen LogP contribution in [0.1, 0.15) is 25.3 Å². The topological polar surface area (TPSA) is 98.7 Å². The Balaban J connectivity index is 0.000000318. The Labute approximate surface area is 169 Å². The molecule has 1 aromatic rings. The Kier molecular flexibility index (Phi) is 5.52. The van der Waals surface area contributed by atoms with Gasteiger partial charge in [-0.2, -0.15) is 13.2 Å². The van der Waals surface area contributed by atoms with Gasteiger partial charge < -0.3 is 15.3 Å². The number of hydrogen-bond donors (Lipinski definition) is 3. The molecule has 0 saturated carbocycles. The molecule has 3 heterocycles. The molecule has 3 saturated heterocycles. The number of carboxylic acid groups (broad SMARTS) is 1. The van der Waals surface area contributed by atoms with E-state index in [1.807, 2.05) is 6.07 Å². The van der Waals surface area contributed by atoms with E-state index >= 15 is 0 Å². The largest absolute Gasteiger partial charge is 0.490 e. The first kappa shape index (κ1) is 22.0. The molecule has 1 unspecified atom stereocenters. The summed E-state index contributed by atoms with van der Waals surface area (Å²) in [6.07, 6.45) is -4.50. The molecular weight excluding hydrogens is 410 g/mol. The molecule has 3 fully saturated rings. The molecule has 30 heavy (non-hydrogen) atoms. The van der Waals surface area contributed by atoms with Gasteiger partial charge in [0.05, 0.1) is 5.41 Å². The number of carboxylic acids is 1. The summed E-state index contributed by atoms with van der Waals surface area (Å²) >= 11 is 0. The zero-order chi connectivity index (χ0) is 22.3. The number of benzene rings is 1. The normalized spacial score (nSPS) is 24.9. The summed E-state index contributed by atoms with van der Waals surface area (Å²) in [5.74, 6) is -3.83. The second-order valence-corrected chi connectivity index (χ2v) is 8.14. The molecule has 2 amide bonds. The minimum Gasteiger partial charge on any atom is -0.475 e. The highest BCUT2D eigenvalue weighted by Crippen LogP contribution is 2.40. The smallest absolute Gasteiger partial charge is 0.475 e. The van der Waals surface area contributed by atoms with E-state index in [0.29, 0.717) is 17.4 Å². The van der Waals surface area contributed by atoms with Crippen molar-refractivity contribution in [3.8, 4) is 0 Å². The molecule has 1 aromatic carbocycles. The predicted molar refractivity (Wildman–Crippen MR) is 97.3 cm³/mol. The van der Waals surface area contributed by atoms with Gasteiger partial charge in [0.2, 0.25) is 11.8 Å². The Morgan fingerprint density at radius 2 is 1.80 bits per heavy atom. The van der Waals surface area contributed by atoms with Crippen molar-refractivity contribution in [1.29, 1.82) is 0 Å². The summed E-state index contributed by atoms with van der Waals surface area (Å²) in [5, 5.41) is 12.7. The van der Waals surface area contributed by atoms with Crippen molar-refractivity contribution in [3.05, 3.63) is 29.6 Å². The number of halogens is 4. The van der Waals surface area contributed by atoms with E-state index in [-0.39, 0.29) is 18.1 Å². The van der Waals surface area contributed by atoms with Gasteiger partial charge in [0.15, 0.2) is 0 Å². The number of alkyl halides is 3. The van der Waals surface area contributed by atoms with E-state index in [4.69, 9.17) is 9.90 Å². The molecule has 1 spiro atoms. The average molecular weight is 431 g/mol. The first-order valence-electron chi connectivity index (χ1n) is 9.26. The van der Waals surface area contributed by atoms with Crippen molar-refractivity contribution in [2.24, 2.45) is 5.41 Å². The van der Waals surface area contributed by atoms with Gasteiger partial charge >= 0.3 is 12.1 Å². The van der Waals surface area contributed by atoms with Crippen LogP contribution in [0.15, 0.2) is 18.2 Å². The lowest BCUT2D eigenvalue weighted by molar-refractivity contribution is -0.192. The number of carbonyl (C=O) groups is 3. The highest BCUT2D eigenvalue weighted by Gasteiger charge is 2.48. The molecule has 0 bridgehead atoms. The van der Waals surface area contributed by atoms with Crippen LogP contribution in [-0.4, -0.2) is 55.2 Å². The zero-order valence-electron chi connectivity index (χ0n) is 16.1. The molecule has 7 nitrogen and oxygen atoms in total. The molecule has 0 aliphatic carbocycles. The van der Waals surface area contributed by atoms with Crippen LogP contribution in [0, 0.1) is 11.2 Å². The average Bonchev–Trinajstić information content (AvgIpc) is 2.56. The van der Waals surface area contributed by atoms with Gasteiger partial charge in [-0.1, -0.05) is 6.07 Å². The fraction of sp³-hybridized carbons (Fsp3) is 0.526. The Bertz CT molecular complexity index is 877. The van der Waals surface area contributed by atoms with Crippen LogP contribution in [0.3, 0.4) is 0 Å². The lowest BCUT2D eigenvalue weighted by atomic mass is 9.73. The monoisotopic (exact) mass is 431 g/mol. The number of amides is 2. The van der Waals surface area contributed by atoms with Crippen LogP contribution >= 0.6 is 0 Å². The van der Waals surface area contributed by atoms with E-state index in [2.05, 4.69) is 15.5 Å². The summed E-state index contributed by atoms with van der Waals surface area (Å²) in [5.41, 5.74) is 0.626. The van der Waals surface area contributed by atoms with Crippen molar-refractivity contribution in [2.45, 2.75) is 31.4 Å². The van der Waals surface area contributed by atoms with Gasteiger partial charge in [0.1, 0.15) is 5.82 Å². The van der Waals surface area contributed by atoms with E-state index in [1.165, 1.54) is 6.07 Å². The second kappa shape index (κ2) is 7.53. The highest BCUT2D eigenvalue weighted by atomic mass is 19.4. The van der Waals surface area contributed by atoms with Gasteiger partial charge in [-0.05, 0) is 25.5 Å². The third-order valence-corrected chi connectivity index (χ3v) is 5.81. The van der Waals surface area contributed by atoms with Gasteiger partial charge in [-0.15, -0.1) is 0 Å². The Morgan fingerprint density at radius 3 is 2.23 bits per heavy atom. The summed E-state index contributed by atoms with van der Waals surface area (Å²) in [4.78, 5) is 34.6. The van der Waals surface area contributed by atoms with Crippen LogP contribution in [0.4, 0.5) is 23.2 Å². The maximum atomic E-state index is 14.7. The van der Waals surface area contributed by atoms with E-state index < -0.39 is 23.5 Å². The third kappa shape index (κ3) is 4.11. The maximum Gasteiger partial charge on any atom is 0.490 e. The number of imide groups is 1. The van der Waals surface area contributed by atoms with Crippen LogP contribution in [0.2, 0.25) is 0 Å². The molecule has 3 aliphatic heterocycles. The van der Waals surface area contributed by atoms with Crippen molar-refractivity contribution in [1.82, 2.24) is 10.6 Å². The van der Waals surface area contributed by atoms with Crippen LogP contribution in [0.5, 0.6) is 0 Å². The number of carbonyl (C=O) groups excluding carboxylic acids is 2. The second-order valence-electron chi connectivity index (χ2n) is 8.14. The number of piperidine rings is 1. The molecule has 3 aliphatic rings. The lowest BCUT2D eigenvalue weighted by Crippen LogP contribution is -2.71. The molecule has 3 N–H and O–H groups in total. The molecule has 4 rings (SSSR count). The van der Waals surface area contributed by atoms with E-state index in [1.54, 1.807) is 13.0 Å². The fourth-order valence-electron chi connectivity index (χ4n) is 3.86. The number of rotatable bonds is 2. The highest BCUT2D eigenvalue weighted by molar-refractivity contribution is 6.03. The molecule has 11 heteroatoms. The number of nitrogens with one attached hydrogen (secondary N) is 2. The van der Waals surface area contributed by atoms with Crippen LogP contribution < -0.4 is 15.5 Å². The summed E-state index contributed by atoms with van der Waals surface area (Å²) < 4.78 is 46.4. The Hall–Kier alpha value is -2.69. The van der Waals surface area contributed by atoms with Gasteiger partial charge in [-0.3, -0.25) is 14.9 Å². The first-order valence-corrected chi connectivity index (χ1v) is 9.26. The molecular formula is C19H21F4N3O4. The Morgan fingerprint density at radius 1 is 1.20 bits per heavy atom. The number of hydrogen-bond acceptors (Lipinski definition) is 5. The molecule has 0 radical (unpaired) electrons. The standard InChI is InChI=1S/C17H20FN3O2.C2HF3O2/c1-16(5-4-14(22)20-15(16)23)12-3-2-11(6-13(12)18)21-9-17(10-21)7-19-8-17;3-2(4,5)1(6)7/h2-3,6,19H,4-5,7-10H2,1H3,(H,20,22,23);(H,6,7). The maximum absolute atomic E-state index is 14.7. The van der Waals surface area contributed by atoms with Gasteiger partial charge in [0.25, 0.3) is 0 Å². The zero-order valence-corrected chi connectivity index (χ0v) is 16.1. The molecule has 1 atom stereocenters. The van der Waals surface area contributed by atoms with Crippen molar-refractivity contribution >= 4 is 23.5 Å². The quantitative estimate of drug-likeness (QED) is 0.486. The third-order valence-electron chi connectivity index (χ3n) is 5.81. The minimum atomic E-state index is -5.08. The van der Waals surface area contributed by atoms with E-state index in [9.17, 15) is 27.2 Å². The van der Waals surface area contributed by atoms with Crippen LogP contribution in [0.25, 0.3) is 0 Å².